The van der Waals surface area contributed by atoms with Crippen LogP contribution in [0.4, 0.5) is 5.69 Å². The highest BCUT2D eigenvalue weighted by Crippen LogP contribution is 2.28. The van der Waals surface area contributed by atoms with Crippen molar-refractivity contribution in [2.75, 3.05) is 29.2 Å². The van der Waals surface area contributed by atoms with Crippen molar-refractivity contribution in [2.45, 2.75) is 18.1 Å². The first-order valence-corrected chi connectivity index (χ1v) is 10.1. The van der Waals surface area contributed by atoms with Crippen LogP contribution in [0.2, 0.25) is 0 Å². The van der Waals surface area contributed by atoms with Crippen molar-refractivity contribution in [3.63, 3.8) is 0 Å². The summed E-state index contributed by atoms with van der Waals surface area (Å²) in [5, 5.41) is 8.62. The van der Waals surface area contributed by atoms with E-state index in [0.717, 1.165) is 18.5 Å². The quantitative estimate of drug-likeness (QED) is 0.818. The van der Waals surface area contributed by atoms with Crippen molar-refractivity contribution in [3.05, 3.63) is 29.8 Å². The van der Waals surface area contributed by atoms with Crippen molar-refractivity contribution in [1.29, 1.82) is 5.26 Å². The number of hydrogen-bond acceptors (Lipinski definition) is 5. The van der Waals surface area contributed by atoms with Gasteiger partial charge in [0, 0.05) is 24.2 Å². The summed E-state index contributed by atoms with van der Waals surface area (Å²) in [4.78, 5) is 14.3. The molecule has 0 saturated carbocycles. The minimum absolute atomic E-state index is 0.0226. The maximum Gasteiger partial charge on any atom is 0.240 e. The van der Waals surface area contributed by atoms with Crippen LogP contribution in [0, 0.1) is 11.3 Å². The van der Waals surface area contributed by atoms with Crippen LogP contribution in [-0.4, -0.2) is 43.9 Å². The summed E-state index contributed by atoms with van der Waals surface area (Å²) >= 11 is 1.42. The summed E-state index contributed by atoms with van der Waals surface area (Å²) in [6.45, 7) is 0.661. The zero-order valence-electron chi connectivity index (χ0n) is 12.4. The summed E-state index contributed by atoms with van der Waals surface area (Å²) < 4.78 is 22.3. The second-order valence-electron chi connectivity index (χ2n) is 5.28. The lowest BCUT2D eigenvalue weighted by atomic mass is 10.1. The Morgan fingerprint density at radius 1 is 1.36 bits per heavy atom. The number of rotatable bonds is 5. The van der Waals surface area contributed by atoms with E-state index in [1.807, 2.05) is 0 Å². The lowest BCUT2D eigenvalue weighted by molar-refractivity contribution is -0.119. The van der Waals surface area contributed by atoms with Crippen LogP contribution < -0.4 is 4.90 Å². The van der Waals surface area contributed by atoms with E-state index in [4.69, 9.17) is 5.26 Å². The average molecular weight is 338 g/mol. The van der Waals surface area contributed by atoms with Gasteiger partial charge >= 0.3 is 0 Å². The van der Waals surface area contributed by atoms with Gasteiger partial charge in [0.05, 0.1) is 22.6 Å². The van der Waals surface area contributed by atoms with E-state index in [9.17, 15) is 13.2 Å². The molecule has 1 aromatic carbocycles. The molecule has 1 saturated heterocycles. The monoisotopic (exact) mass is 338 g/mol. The number of nitriles is 1. The standard InChI is InChI=1S/C15H18N2O3S2/c1-22(19,20)10-9-21-14-3-2-8-17(15(14)18)13-6-4-12(11-16)5-7-13/h4-7,14H,2-3,8-10H2,1H3/t14-/m1/s1. The van der Waals surface area contributed by atoms with Crippen molar-refractivity contribution in [1.82, 2.24) is 0 Å². The molecule has 1 amide bonds. The van der Waals surface area contributed by atoms with Crippen LogP contribution in [0.25, 0.3) is 0 Å². The Morgan fingerprint density at radius 2 is 2.05 bits per heavy atom. The zero-order valence-corrected chi connectivity index (χ0v) is 14.0. The van der Waals surface area contributed by atoms with Gasteiger partial charge in [-0.1, -0.05) is 0 Å². The smallest absolute Gasteiger partial charge is 0.240 e. The zero-order chi connectivity index (χ0) is 16.2. The van der Waals surface area contributed by atoms with Gasteiger partial charge in [-0.3, -0.25) is 4.79 Å². The van der Waals surface area contributed by atoms with E-state index < -0.39 is 9.84 Å². The molecule has 0 aromatic heterocycles. The van der Waals surface area contributed by atoms with Gasteiger partial charge in [-0.2, -0.15) is 5.26 Å². The number of carbonyl (C=O) groups excluding carboxylic acids is 1. The molecule has 2 rings (SSSR count). The molecule has 5 nitrogen and oxygen atoms in total. The Morgan fingerprint density at radius 3 is 2.64 bits per heavy atom. The molecule has 0 radical (unpaired) electrons. The summed E-state index contributed by atoms with van der Waals surface area (Å²) in [6, 6.07) is 9.01. The molecule has 1 aromatic rings. The van der Waals surface area contributed by atoms with Crippen LogP contribution >= 0.6 is 11.8 Å². The highest BCUT2D eigenvalue weighted by Gasteiger charge is 2.30. The molecule has 22 heavy (non-hydrogen) atoms. The van der Waals surface area contributed by atoms with Gasteiger partial charge in [-0.05, 0) is 37.1 Å². The highest BCUT2D eigenvalue weighted by molar-refractivity contribution is 8.01. The third kappa shape index (κ3) is 4.49. The molecule has 0 aliphatic carbocycles. The first-order valence-electron chi connectivity index (χ1n) is 7.01. The van der Waals surface area contributed by atoms with Crippen LogP contribution in [0.3, 0.4) is 0 Å². The predicted molar refractivity (Wildman–Crippen MR) is 88.7 cm³/mol. The second-order valence-corrected chi connectivity index (χ2v) is 8.85. The van der Waals surface area contributed by atoms with E-state index in [0.29, 0.717) is 17.9 Å². The Bertz CT molecular complexity index is 678. The minimum atomic E-state index is -2.99. The highest BCUT2D eigenvalue weighted by atomic mass is 32.2. The lowest BCUT2D eigenvalue weighted by Gasteiger charge is -2.32. The van der Waals surface area contributed by atoms with Crippen LogP contribution in [-0.2, 0) is 14.6 Å². The number of sulfone groups is 1. The molecule has 0 bridgehead atoms. The molecule has 1 atom stereocenters. The van der Waals surface area contributed by atoms with Gasteiger partial charge in [-0.15, -0.1) is 11.8 Å². The lowest BCUT2D eigenvalue weighted by Crippen LogP contribution is -2.43. The van der Waals surface area contributed by atoms with Gasteiger partial charge in [0.25, 0.3) is 0 Å². The first-order chi connectivity index (χ1) is 10.4. The Hall–Kier alpha value is -1.52. The number of thioether (sulfide) groups is 1. The Balaban J connectivity index is 2.01. The number of carbonyl (C=O) groups is 1. The van der Waals surface area contributed by atoms with Crippen molar-refractivity contribution in [3.8, 4) is 6.07 Å². The van der Waals surface area contributed by atoms with Crippen LogP contribution in [0.15, 0.2) is 24.3 Å². The number of benzene rings is 1. The third-order valence-corrected chi connectivity index (χ3v) is 5.95. The normalized spacial score (nSPS) is 19.0. The number of piperidine rings is 1. The van der Waals surface area contributed by atoms with E-state index >= 15 is 0 Å². The molecule has 1 fully saturated rings. The van der Waals surface area contributed by atoms with Gasteiger partial charge in [-0.25, -0.2) is 8.42 Å². The summed E-state index contributed by atoms with van der Waals surface area (Å²) in [5.74, 6) is 0.559. The fourth-order valence-corrected chi connectivity index (χ4v) is 4.79. The predicted octanol–water partition coefficient (Wildman–Crippen LogP) is 1.83. The molecule has 1 heterocycles. The van der Waals surface area contributed by atoms with E-state index in [2.05, 4.69) is 6.07 Å². The maximum absolute atomic E-state index is 12.5. The Kier molecular flexibility index (Phi) is 5.48. The van der Waals surface area contributed by atoms with Crippen molar-refractivity contribution >= 4 is 33.2 Å². The van der Waals surface area contributed by atoms with Gasteiger partial charge in [0.2, 0.25) is 5.91 Å². The molecule has 1 aliphatic heterocycles. The number of nitrogens with zero attached hydrogens (tertiary/aromatic N) is 2. The molecule has 7 heteroatoms. The molecule has 118 valence electrons. The fourth-order valence-electron chi connectivity index (χ4n) is 2.31. The SMILES string of the molecule is CS(=O)(=O)CCS[C@@H]1CCCN(c2ccc(C#N)cc2)C1=O. The fraction of sp³-hybridized carbons (Fsp3) is 0.467. The minimum Gasteiger partial charge on any atom is -0.311 e. The average Bonchev–Trinajstić information content (AvgIpc) is 2.48. The van der Waals surface area contributed by atoms with Crippen molar-refractivity contribution in [2.24, 2.45) is 0 Å². The van der Waals surface area contributed by atoms with Gasteiger partial charge in [0.15, 0.2) is 0 Å². The molecular formula is C15H18N2O3S2. The second kappa shape index (κ2) is 7.16. The molecule has 1 aliphatic rings. The van der Waals surface area contributed by atoms with Crippen LogP contribution in [0.5, 0.6) is 0 Å². The number of hydrogen-bond donors (Lipinski definition) is 0. The molecular weight excluding hydrogens is 320 g/mol. The van der Waals surface area contributed by atoms with Gasteiger partial charge < -0.3 is 4.90 Å². The van der Waals surface area contributed by atoms with Crippen molar-refractivity contribution < 1.29 is 13.2 Å². The number of amides is 1. The molecule has 0 spiro atoms. The summed E-state index contributed by atoms with van der Waals surface area (Å²) in [6.07, 6.45) is 2.88. The maximum atomic E-state index is 12.5. The van der Waals surface area contributed by atoms with Crippen LogP contribution in [0.1, 0.15) is 18.4 Å². The molecule has 0 N–H and O–H groups in total. The largest absolute Gasteiger partial charge is 0.311 e. The molecule has 0 unspecified atom stereocenters. The summed E-state index contributed by atoms with van der Waals surface area (Å²) in [7, 11) is -2.99. The van der Waals surface area contributed by atoms with E-state index in [1.54, 1.807) is 29.2 Å². The van der Waals surface area contributed by atoms with Gasteiger partial charge in [0.1, 0.15) is 9.84 Å². The summed E-state index contributed by atoms with van der Waals surface area (Å²) in [5.41, 5.74) is 1.35. The van der Waals surface area contributed by atoms with E-state index in [1.165, 1.54) is 18.0 Å². The van der Waals surface area contributed by atoms with E-state index in [-0.39, 0.29) is 16.9 Å². The number of anilines is 1. The third-order valence-electron chi connectivity index (χ3n) is 3.47. The Labute approximate surface area is 135 Å². The topological polar surface area (TPSA) is 78.2 Å². The first kappa shape index (κ1) is 16.8.